The van der Waals surface area contributed by atoms with Crippen LogP contribution in [0.5, 0.6) is 0 Å². The second-order valence-corrected chi connectivity index (χ2v) is 7.02. The third-order valence-corrected chi connectivity index (χ3v) is 4.92. The molecule has 136 valence electrons. The second kappa shape index (κ2) is 7.97. The number of carbonyl (C=O) groups is 2. The summed E-state index contributed by atoms with van der Waals surface area (Å²) in [6.45, 7) is 9.21. The standard InChI is InChI=1S/C19H27N3O3/c1-14(2)17(18(23)20-7-8-21-9-11-25-12-10-21)22-13-15-5-3-4-6-16(15)19(22)24/h3-6,14,17H,7-13H2,1-2H3,(H,20,23)/t17-/m1/s1. The van der Waals surface area contributed by atoms with Gasteiger partial charge in [-0.25, -0.2) is 0 Å². The third kappa shape index (κ3) is 4.02. The van der Waals surface area contributed by atoms with Gasteiger partial charge in [0.05, 0.1) is 13.2 Å². The first-order valence-corrected chi connectivity index (χ1v) is 9.04. The number of hydrogen-bond donors (Lipinski definition) is 1. The molecule has 6 nitrogen and oxygen atoms in total. The lowest BCUT2D eigenvalue weighted by molar-refractivity contribution is -0.127. The van der Waals surface area contributed by atoms with E-state index in [1.807, 2.05) is 38.1 Å². The summed E-state index contributed by atoms with van der Waals surface area (Å²) in [7, 11) is 0. The molecule has 0 radical (unpaired) electrons. The molecule has 3 rings (SSSR count). The molecule has 1 atom stereocenters. The van der Waals surface area contributed by atoms with Crippen LogP contribution in [0, 0.1) is 5.92 Å². The maximum Gasteiger partial charge on any atom is 0.255 e. The fraction of sp³-hybridized carbons (Fsp3) is 0.579. The van der Waals surface area contributed by atoms with Crippen molar-refractivity contribution >= 4 is 11.8 Å². The monoisotopic (exact) mass is 345 g/mol. The summed E-state index contributed by atoms with van der Waals surface area (Å²) in [5, 5.41) is 3.02. The fourth-order valence-corrected chi connectivity index (χ4v) is 3.57. The molecule has 2 aliphatic heterocycles. The van der Waals surface area contributed by atoms with Crippen LogP contribution in [0.2, 0.25) is 0 Å². The predicted octanol–water partition coefficient (Wildman–Crippen LogP) is 1.12. The highest BCUT2D eigenvalue weighted by atomic mass is 16.5. The van der Waals surface area contributed by atoms with Crippen molar-refractivity contribution in [2.45, 2.75) is 26.4 Å². The highest BCUT2D eigenvalue weighted by molar-refractivity contribution is 6.01. The molecule has 0 bridgehead atoms. The van der Waals surface area contributed by atoms with Gasteiger partial charge in [-0.3, -0.25) is 14.5 Å². The van der Waals surface area contributed by atoms with E-state index in [0.29, 0.717) is 18.7 Å². The lowest BCUT2D eigenvalue weighted by Gasteiger charge is -2.31. The number of nitrogens with zero attached hydrogens (tertiary/aromatic N) is 2. The van der Waals surface area contributed by atoms with Crippen LogP contribution in [0.15, 0.2) is 24.3 Å². The maximum absolute atomic E-state index is 12.8. The number of morpholine rings is 1. The first-order chi connectivity index (χ1) is 12.1. The molecule has 0 unspecified atom stereocenters. The first kappa shape index (κ1) is 17.9. The van der Waals surface area contributed by atoms with Crippen LogP contribution in [0.4, 0.5) is 0 Å². The Morgan fingerprint density at radius 1 is 1.24 bits per heavy atom. The van der Waals surface area contributed by atoms with Crippen LogP contribution in [0.3, 0.4) is 0 Å². The number of carbonyl (C=O) groups excluding carboxylic acids is 2. The molecule has 1 N–H and O–H groups in total. The summed E-state index contributed by atoms with van der Waals surface area (Å²) < 4.78 is 5.33. The Morgan fingerprint density at radius 2 is 1.96 bits per heavy atom. The second-order valence-electron chi connectivity index (χ2n) is 7.02. The van der Waals surface area contributed by atoms with E-state index in [9.17, 15) is 9.59 Å². The highest BCUT2D eigenvalue weighted by Gasteiger charge is 2.37. The minimum Gasteiger partial charge on any atom is -0.379 e. The Bertz CT molecular complexity index is 626. The quantitative estimate of drug-likeness (QED) is 0.839. The lowest BCUT2D eigenvalue weighted by Crippen LogP contribution is -2.51. The Hall–Kier alpha value is -1.92. The molecular formula is C19H27N3O3. The van der Waals surface area contributed by atoms with Crippen LogP contribution in [0.1, 0.15) is 29.8 Å². The van der Waals surface area contributed by atoms with Gasteiger partial charge in [-0.05, 0) is 17.5 Å². The van der Waals surface area contributed by atoms with Crippen molar-refractivity contribution in [2.75, 3.05) is 39.4 Å². The van der Waals surface area contributed by atoms with E-state index in [0.717, 1.165) is 38.4 Å². The number of rotatable bonds is 6. The zero-order valence-corrected chi connectivity index (χ0v) is 15.0. The Balaban J connectivity index is 1.59. The average molecular weight is 345 g/mol. The molecule has 6 heteroatoms. The Labute approximate surface area is 149 Å². The van der Waals surface area contributed by atoms with E-state index < -0.39 is 6.04 Å². The third-order valence-electron chi connectivity index (χ3n) is 4.92. The van der Waals surface area contributed by atoms with E-state index in [2.05, 4.69) is 10.2 Å². The van der Waals surface area contributed by atoms with Gasteiger partial charge in [0.2, 0.25) is 5.91 Å². The smallest absolute Gasteiger partial charge is 0.255 e. The van der Waals surface area contributed by atoms with Crippen molar-refractivity contribution in [3.63, 3.8) is 0 Å². The number of nitrogens with one attached hydrogen (secondary N) is 1. The number of hydrogen-bond acceptors (Lipinski definition) is 4. The maximum atomic E-state index is 12.8. The predicted molar refractivity (Wildman–Crippen MR) is 95.2 cm³/mol. The normalized spacial score (nSPS) is 19.2. The van der Waals surface area contributed by atoms with Gasteiger partial charge in [0, 0.05) is 38.3 Å². The molecule has 2 heterocycles. The molecular weight excluding hydrogens is 318 g/mol. The zero-order chi connectivity index (χ0) is 17.8. The van der Waals surface area contributed by atoms with Crippen molar-refractivity contribution < 1.29 is 14.3 Å². The molecule has 25 heavy (non-hydrogen) atoms. The zero-order valence-electron chi connectivity index (χ0n) is 15.0. The number of benzene rings is 1. The molecule has 0 aromatic heterocycles. The van der Waals surface area contributed by atoms with Crippen LogP contribution in [-0.2, 0) is 16.1 Å². The number of fused-ring (bicyclic) bond motifs is 1. The van der Waals surface area contributed by atoms with Crippen LogP contribution >= 0.6 is 0 Å². The number of amides is 2. The van der Waals surface area contributed by atoms with Crippen molar-refractivity contribution in [2.24, 2.45) is 5.92 Å². The molecule has 0 spiro atoms. The Morgan fingerprint density at radius 3 is 2.64 bits per heavy atom. The van der Waals surface area contributed by atoms with Crippen molar-refractivity contribution in [1.29, 1.82) is 0 Å². The largest absolute Gasteiger partial charge is 0.379 e. The van der Waals surface area contributed by atoms with Gasteiger partial charge in [0.1, 0.15) is 6.04 Å². The molecule has 2 aliphatic rings. The molecule has 2 amide bonds. The topological polar surface area (TPSA) is 61.9 Å². The summed E-state index contributed by atoms with van der Waals surface area (Å²) >= 11 is 0. The van der Waals surface area contributed by atoms with Crippen molar-refractivity contribution in [3.8, 4) is 0 Å². The van der Waals surface area contributed by atoms with Gasteiger partial charge in [-0.1, -0.05) is 32.0 Å². The average Bonchev–Trinajstić information content (AvgIpc) is 2.93. The van der Waals surface area contributed by atoms with Crippen LogP contribution < -0.4 is 5.32 Å². The summed E-state index contributed by atoms with van der Waals surface area (Å²) in [4.78, 5) is 29.4. The van der Waals surface area contributed by atoms with Gasteiger partial charge in [-0.15, -0.1) is 0 Å². The van der Waals surface area contributed by atoms with Crippen LogP contribution in [0.25, 0.3) is 0 Å². The van der Waals surface area contributed by atoms with Gasteiger partial charge in [0.25, 0.3) is 5.91 Å². The molecule has 1 saturated heterocycles. The molecule has 1 aromatic rings. The van der Waals surface area contributed by atoms with Crippen LogP contribution in [-0.4, -0.2) is 67.0 Å². The van der Waals surface area contributed by atoms with Gasteiger partial charge < -0.3 is 15.0 Å². The number of ether oxygens (including phenoxy) is 1. The minimum atomic E-state index is -0.440. The lowest BCUT2D eigenvalue weighted by atomic mass is 10.0. The summed E-state index contributed by atoms with van der Waals surface area (Å²) in [6, 6.07) is 7.16. The SMILES string of the molecule is CC(C)[C@H](C(=O)NCCN1CCOCC1)N1Cc2ccccc2C1=O. The van der Waals surface area contributed by atoms with Crippen molar-refractivity contribution in [1.82, 2.24) is 15.1 Å². The molecule has 1 aromatic carbocycles. The van der Waals surface area contributed by atoms with E-state index >= 15 is 0 Å². The first-order valence-electron chi connectivity index (χ1n) is 9.04. The Kier molecular flexibility index (Phi) is 5.71. The van der Waals surface area contributed by atoms with Crippen molar-refractivity contribution in [3.05, 3.63) is 35.4 Å². The van der Waals surface area contributed by atoms with E-state index in [-0.39, 0.29) is 17.7 Å². The van der Waals surface area contributed by atoms with Gasteiger partial charge in [0.15, 0.2) is 0 Å². The van der Waals surface area contributed by atoms with E-state index in [1.54, 1.807) is 4.90 Å². The molecule has 0 saturated carbocycles. The summed E-state index contributed by atoms with van der Waals surface area (Å²) in [6.07, 6.45) is 0. The summed E-state index contributed by atoms with van der Waals surface area (Å²) in [5.74, 6) is -0.0521. The van der Waals surface area contributed by atoms with E-state index in [4.69, 9.17) is 4.74 Å². The fourth-order valence-electron chi connectivity index (χ4n) is 3.57. The summed E-state index contributed by atoms with van der Waals surface area (Å²) in [5.41, 5.74) is 1.72. The van der Waals surface area contributed by atoms with E-state index in [1.165, 1.54) is 0 Å². The molecule has 1 fully saturated rings. The van der Waals surface area contributed by atoms with Gasteiger partial charge in [-0.2, -0.15) is 0 Å². The highest BCUT2D eigenvalue weighted by Crippen LogP contribution is 2.26. The molecule has 0 aliphatic carbocycles. The minimum absolute atomic E-state index is 0.0439. The van der Waals surface area contributed by atoms with Gasteiger partial charge >= 0.3 is 0 Å².